The van der Waals surface area contributed by atoms with Gasteiger partial charge >= 0.3 is 0 Å². The predicted octanol–water partition coefficient (Wildman–Crippen LogP) is 2.29. The summed E-state index contributed by atoms with van der Waals surface area (Å²) in [6.45, 7) is 8.06. The first-order valence-corrected chi connectivity index (χ1v) is 10.2. The molecule has 0 aromatic heterocycles. The molecule has 1 saturated carbocycles. The van der Waals surface area contributed by atoms with Crippen molar-refractivity contribution in [1.82, 2.24) is 9.80 Å². The minimum atomic E-state index is 0.277. The van der Waals surface area contributed by atoms with Crippen LogP contribution in [0.5, 0.6) is 0 Å². The van der Waals surface area contributed by atoms with Gasteiger partial charge in [0.05, 0.1) is 25.3 Å². The minimum Gasteiger partial charge on any atom is -0.374 e. The Morgan fingerprint density at radius 3 is 2.73 bits per heavy atom. The zero-order valence-corrected chi connectivity index (χ0v) is 15.9. The van der Waals surface area contributed by atoms with Crippen LogP contribution in [0.25, 0.3) is 0 Å². The van der Waals surface area contributed by atoms with Crippen LogP contribution in [0, 0.1) is 6.92 Å². The first kappa shape index (κ1) is 17.8. The number of ether oxygens (including phenoxy) is 1. The van der Waals surface area contributed by atoms with Crippen molar-refractivity contribution in [2.75, 3.05) is 50.8 Å². The molecule has 2 unspecified atom stereocenters. The summed E-state index contributed by atoms with van der Waals surface area (Å²) in [5, 5.41) is 0. The van der Waals surface area contributed by atoms with E-state index in [9.17, 15) is 4.79 Å². The van der Waals surface area contributed by atoms with Crippen molar-refractivity contribution in [3.63, 3.8) is 0 Å². The van der Waals surface area contributed by atoms with Gasteiger partial charge in [0, 0.05) is 38.4 Å². The molecule has 142 valence electrons. The van der Waals surface area contributed by atoms with Gasteiger partial charge in [-0.1, -0.05) is 25.0 Å². The van der Waals surface area contributed by atoms with Crippen molar-refractivity contribution in [2.24, 2.45) is 0 Å². The maximum absolute atomic E-state index is 12.9. The van der Waals surface area contributed by atoms with E-state index in [0.717, 1.165) is 45.6 Å². The second-order valence-electron chi connectivity index (χ2n) is 7.95. The summed E-state index contributed by atoms with van der Waals surface area (Å²) in [6.07, 6.45) is 4.97. The van der Waals surface area contributed by atoms with Gasteiger partial charge in [0.25, 0.3) is 0 Å². The number of carbonyl (C=O) groups excluding carboxylic acids is 1. The summed E-state index contributed by atoms with van der Waals surface area (Å²) in [5.74, 6) is 0.300. The molecule has 0 bridgehead atoms. The summed E-state index contributed by atoms with van der Waals surface area (Å²) >= 11 is 0. The van der Waals surface area contributed by atoms with E-state index in [1.807, 2.05) is 0 Å². The highest BCUT2D eigenvalue weighted by molar-refractivity contribution is 5.79. The minimum absolute atomic E-state index is 0.277. The number of nitrogens with zero attached hydrogens (tertiary/aromatic N) is 3. The first-order chi connectivity index (χ1) is 12.7. The SMILES string of the molecule is Cc1cccc(N2CCN(CC(=O)N3CCOC4CCCCC43)CC2)c1. The maximum Gasteiger partial charge on any atom is 0.237 e. The molecule has 1 aromatic rings. The van der Waals surface area contributed by atoms with Gasteiger partial charge in [0.1, 0.15) is 0 Å². The van der Waals surface area contributed by atoms with E-state index in [-0.39, 0.29) is 6.10 Å². The number of aryl methyl sites for hydroxylation is 1. The van der Waals surface area contributed by atoms with Crippen LogP contribution in [0.4, 0.5) is 5.69 Å². The molecular formula is C21H31N3O2. The molecule has 5 heteroatoms. The van der Waals surface area contributed by atoms with Gasteiger partial charge in [0.2, 0.25) is 5.91 Å². The topological polar surface area (TPSA) is 36.0 Å². The molecule has 0 radical (unpaired) electrons. The van der Waals surface area contributed by atoms with Gasteiger partial charge in [-0.05, 0) is 37.5 Å². The lowest BCUT2D eigenvalue weighted by atomic mass is 9.90. The average molecular weight is 357 g/mol. The van der Waals surface area contributed by atoms with Gasteiger partial charge in [-0.15, -0.1) is 0 Å². The average Bonchev–Trinajstić information content (AvgIpc) is 2.68. The largest absolute Gasteiger partial charge is 0.374 e. The van der Waals surface area contributed by atoms with Gasteiger partial charge in [-0.3, -0.25) is 9.69 Å². The predicted molar refractivity (Wildman–Crippen MR) is 104 cm³/mol. The molecule has 26 heavy (non-hydrogen) atoms. The fourth-order valence-corrected chi connectivity index (χ4v) is 4.68. The van der Waals surface area contributed by atoms with Crippen molar-refractivity contribution in [2.45, 2.75) is 44.8 Å². The lowest BCUT2D eigenvalue weighted by Crippen LogP contribution is -2.58. The Labute approximate surface area is 156 Å². The van der Waals surface area contributed by atoms with Crippen LogP contribution in [0.2, 0.25) is 0 Å². The molecule has 3 fully saturated rings. The number of morpholine rings is 1. The number of carbonyl (C=O) groups is 1. The quantitative estimate of drug-likeness (QED) is 0.832. The molecule has 5 nitrogen and oxygen atoms in total. The lowest BCUT2D eigenvalue weighted by molar-refractivity contribution is -0.150. The summed E-state index contributed by atoms with van der Waals surface area (Å²) in [7, 11) is 0. The molecule has 2 saturated heterocycles. The highest BCUT2D eigenvalue weighted by Gasteiger charge is 2.37. The Balaban J connectivity index is 1.30. The number of fused-ring (bicyclic) bond motifs is 1. The van der Waals surface area contributed by atoms with Gasteiger partial charge in [0.15, 0.2) is 0 Å². The second kappa shape index (κ2) is 7.97. The third-order valence-electron chi connectivity index (χ3n) is 6.15. The first-order valence-electron chi connectivity index (χ1n) is 10.2. The summed E-state index contributed by atoms with van der Waals surface area (Å²) < 4.78 is 5.91. The van der Waals surface area contributed by atoms with Crippen molar-refractivity contribution in [3.8, 4) is 0 Å². The van der Waals surface area contributed by atoms with Crippen LogP contribution in [-0.4, -0.2) is 73.7 Å². The fraction of sp³-hybridized carbons (Fsp3) is 0.667. The lowest BCUT2D eigenvalue weighted by Gasteiger charge is -2.44. The molecule has 1 amide bonds. The van der Waals surface area contributed by atoms with E-state index in [4.69, 9.17) is 4.74 Å². The Bertz CT molecular complexity index is 625. The van der Waals surface area contributed by atoms with Crippen LogP contribution in [0.1, 0.15) is 31.2 Å². The van der Waals surface area contributed by atoms with Crippen molar-refractivity contribution < 1.29 is 9.53 Å². The zero-order chi connectivity index (χ0) is 17.9. The zero-order valence-electron chi connectivity index (χ0n) is 15.9. The third-order valence-corrected chi connectivity index (χ3v) is 6.15. The molecule has 1 aromatic carbocycles. The number of hydrogen-bond acceptors (Lipinski definition) is 4. The van der Waals surface area contributed by atoms with Crippen LogP contribution < -0.4 is 4.90 Å². The molecule has 1 aliphatic carbocycles. The molecule has 2 aliphatic heterocycles. The number of rotatable bonds is 3. The molecule has 2 atom stereocenters. The molecule has 2 heterocycles. The van der Waals surface area contributed by atoms with Crippen LogP contribution >= 0.6 is 0 Å². The van der Waals surface area contributed by atoms with E-state index >= 15 is 0 Å². The number of amides is 1. The van der Waals surface area contributed by atoms with Gasteiger partial charge in [-0.2, -0.15) is 0 Å². The Hall–Kier alpha value is -1.59. The molecule has 0 N–H and O–H groups in total. The Morgan fingerprint density at radius 2 is 1.92 bits per heavy atom. The van der Waals surface area contributed by atoms with Crippen LogP contribution in [-0.2, 0) is 9.53 Å². The normalized spacial score (nSPS) is 27.3. The standard InChI is InChI=1S/C21H31N3O2/c1-17-5-4-6-18(15-17)23-11-9-22(10-12-23)16-21(25)24-13-14-26-20-8-3-2-7-19(20)24/h4-6,15,19-20H,2-3,7-14,16H2,1H3. The molecule has 3 aliphatic rings. The van der Waals surface area contributed by atoms with Crippen molar-refractivity contribution in [1.29, 1.82) is 0 Å². The van der Waals surface area contributed by atoms with E-state index in [1.54, 1.807) is 0 Å². The smallest absolute Gasteiger partial charge is 0.237 e. The highest BCUT2D eigenvalue weighted by Crippen LogP contribution is 2.28. The highest BCUT2D eigenvalue weighted by atomic mass is 16.5. The van der Waals surface area contributed by atoms with E-state index in [2.05, 4.69) is 45.9 Å². The van der Waals surface area contributed by atoms with E-state index in [0.29, 0.717) is 25.1 Å². The van der Waals surface area contributed by atoms with E-state index < -0.39 is 0 Å². The van der Waals surface area contributed by atoms with Gasteiger partial charge < -0.3 is 14.5 Å². The van der Waals surface area contributed by atoms with Gasteiger partial charge in [-0.25, -0.2) is 0 Å². The van der Waals surface area contributed by atoms with Crippen LogP contribution in [0.15, 0.2) is 24.3 Å². The summed E-state index contributed by atoms with van der Waals surface area (Å²) in [5.41, 5.74) is 2.60. The van der Waals surface area contributed by atoms with Crippen LogP contribution in [0.3, 0.4) is 0 Å². The molecular weight excluding hydrogens is 326 g/mol. The van der Waals surface area contributed by atoms with E-state index in [1.165, 1.54) is 24.1 Å². The maximum atomic E-state index is 12.9. The number of benzene rings is 1. The Kier molecular flexibility index (Phi) is 5.46. The molecule has 4 rings (SSSR count). The Morgan fingerprint density at radius 1 is 1.12 bits per heavy atom. The number of piperazine rings is 1. The molecule has 0 spiro atoms. The third kappa shape index (κ3) is 3.89. The number of anilines is 1. The summed E-state index contributed by atoms with van der Waals surface area (Å²) in [4.78, 5) is 19.8. The summed E-state index contributed by atoms with van der Waals surface area (Å²) in [6, 6.07) is 9.01. The second-order valence-corrected chi connectivity index (χ2v) is 7.95. The van der Waals surface area contributed by atoms with Crippen molar-refractivity contribution in [3.05, 3.63) is 29.8 Å². The number of hydrogen-bond donors (Lipinski definition) is 0. The monoisotopic (exact) mass is 357 g/mol. The van der Waals surface area contributed by atoms with Crippen molar-refractivity contribution >= 4 is 11.6 Å². The fourth-order valence-electron chi connectivity index (χ4n) is 4.68.